The molecule has 0 spiro atoms. The lowest BCUT2D eigenvalue weighted by Crippen LogP contribution is -2.16. The van der Waals surface area contributed by atoms with Gasteiger partial charge in [0.05, 0.1) is 5.69 Å². The monoisotopic (exact) mass is 455 g/mol. The van der Waals surface area contributed by atoms with Crippen LogP contribution in [0.15, 0.2) is 62.4 Å². The first-order valence-corrected chi connectivity index (χ1v) is 9.98. The normalized spacial score (nSPS) is 11.9. The van der Waals surface area contributed by atoms with Crippen molar-refractivity contribution in [2.45, 2.75) is 13.8 Å². The highest BCUT2D eigenvalue weighted by molar-refractivity contribution is 9.10. The number of nitrogens with zero attached hydrogens (tertiary/aromatic N) is 3. The van der Waals surface area contributed by atoms with Gasteiger partial charge in [-0.15, -0.1) is 0 Å². The predicted octanol–water partition coefficient (Wildman–Crippen LogP) is 4.43. The maximum absolute atomic E-state index is 12.9. The van der Waals surface area contributed by atoms with Crippen molar-refractivity contribution < 1.29 is 14.0 Å². The first kappa shape index (κ1) is 18.5. The van der Waals surface area contributed by atoms with Crippen LogP contribution < -0.4 is 4.80 Å². The zero-order valence-corrected chi connectivity index (χ0v) is 17.4. The van der Waals surface area contributed by atoms with Gasteiger partial charge in [0.15, 0.2) is 10.8 Å². The van der Waals surface area contributed by atoms with Gasteiger partial charge >= 0.3 is 0 Å². The van der Waals surface area contributed by atoms with Crippen LogP contribution in [0, 0.1) is 6.92 Å². The first-order chi connectivity index (χ1) is 13.4. The van der Waals surface area contributed by atoms with Crippen LogP contribution in [0.4, 0.5) is 0 Å². The van der Waals surface area contributed by atoms with Gasteiger partial charge < -0.3 is 4.42 Å². The van der Waals surface area contributed by atoms with Crippen molar-refractivity contribution >= 4 is 49.9 Å². The Balaban J connectivity index is 1.81. The van der Waals surface area contributed by atoms with E-state index in [0.717, 1.165) is 32.4 Å². The van der Waals surface area contributed by atoms with Gasteiger partial charge in [0, 0.05) is 16.8 Å². The van der Waals surface area contributed by atoms with Crippen molar-refractivity contribution in [2.24, 2.45) is 4.99 Å². The maximum atomic E-state index is 12.9. The molecule has 8 heteroatoms. The van der Waals surface area contributed by atoms with E-state index in [2.05, 4.69) is 26.0 Å². The minimum Gasteiger partial charge on any atom is -0.452 e. The number of fused-ring (bicyclic) bond motifs is 1. The predicted molar refractivity (Wildman–Crippen MR) is 110 cm³/mol. The van der Waals surface area contributed by atoms with Gasteiger partial charge in [0.2, 0.25) is 10.7 Å². The molecule has 0 unspecified atom stereocenters. The molecule has 0 bridgehead atoms. The number of aromatic nitrogens is 2. The summed E-state index contributed by atoms with van der Waals surface area (Å²) in [5.41, 5.74) is 2.42. The molecule has 2 aromatic heterocycles. The van der Waals surface area contributed by atoms with Gasteiger partial charge in [-0.05, 0) is 43.3 Å². The quantitative estimate of drug-likeness (QED) is 0.428. The molecule has 0 fully saturated rings. The van der Waals surface area contributed by atoms with E-state index in [4.69, 9.17) is 4.42 Å². The van der Waals surface area contributed by atoms with Crippen LogP contribution in [0.25, 0.3) is 16.7 Å². The standard InChI is InChI=1S/C20H14BrN3O3S/c1-11-3-6-15(7-4-11)24-20(22-12(2)25)28-19(23-24)18(26)17-10-13-9-14(21)5-8-16(13)27-17/h3-10H,1-2H3. The summed E-state index contributed by atoms with van der Waals surface area (Å²) >= 11 is 4.45. The molecule has 28 heavy (non-hydrogen) atoms. The lowest BCUT2D eigenvalue weighted by molar-refractivity contribution is -0.116. The Hall–Kier alpha value is -2.84. The second-order valence-electron chi connectivity index (χ2n) is 6.19. The van der Waals surface area contributed by atoms with Crippen LogP contribution in [0.3, 0.4) is 0 Å². The Bertz CT molecular complexity index is 1280. The molecule has 4 aromatic rings. The largest absolute Gasteiger partial charge is 0.452 e. The first-order valence-electron chi connectivity index (χ1n) is 8.37. The molecular weight excluding hydrogens is 442 g/mol. The van der Waals surface area contributed by atoms with Gasteiger partial charge in [-0.25, -0.2) is 4.68 Å². The number of aryl methyl sites for hydroxylation is 1. The summed E-state index contributed by atoms with van der Waals surface area (Å²) in [5.74, 6) is -0.535. The summed E-state index contributed by atoms with van der Waals surface area (Å²) in [7, 11) is 0. The van der Waals surface area contributed by atoms with E-state index in [1.807, 2.05) is 43.3 Å². The second-order valence-corrected chi connectivity index (χ2v) is 8.06. The van der Waals surface area contributed by atoms with Crippen molar-refractivity contribution in [1.82, 2.24) is 9.78 Å². The number of benzene rings is 2. The summed E-state index contributed by atoms with van der Waals surface area (Å²) in [4.78, 5) is 28.8. The third-order valence-electron chi connectivity index (χ3n) is 3.99. The van der Waals surface area contributed by atoms with Crippen LogP contribution in [0.2, 0.25) is 0 Å². The Morgan fingerprint density at radius 1 is 1.14 bits per heavy atom. The Labute approximate surface area is 172 Å². The molecule has 0 atom stereocenters. The fraction of sp³-hybridized carbons (Fsp3) is 0.100. The molecule has 1 amide bonds. The second kappa shape index (κ2) is 7.29. The van der Waals surface area contributed by atoms with Crippen LogP contribution in [0.5, 0.6) is 0 Å². The van der Waals surface area contributed by atoms with Crippen LogP contribution in [0.1, 0.15) is 28.0 Å². The number of ketones is 1. The third-order valence-corrected chi connectivity index (χ3v) is 5.39. The van der Waals surface area contributed by atoms with Crippen molar-refractivity contribution in [2.75, 3.05) is 0 Å². The van der Waals surface area contributed by atoms with E-state index in [1.54, 1.807) is 12.1 Å². The molecular formula is C20H14BrN3O3S. The van der Waals surface area contributed by atoms with Crippen molar-refractivity contribution in [3.8, 4) is 5.69 Å². The molecule has 0 aliphatic rings. The van der Waals surface area contributed by atoms with Gasteiger partial charge in [-0.2, -0.15) is 10.1 Å². The molecule has 0 saturated carbocycles. The van der Waals surface area contributed by atoms with Gasteiger partial charge in [0.1, 0.15) is 5.58 Å². The van der Waals surface area contributed by atoms with Gasteiger partial charge in [-0.3, -0.25) is 9.59 Å². The Morgan fingerprint density at radius 2 is 1.89 bits per heavy atom. The molecule has 0 saturated heterocycles. The SMILES string of the molecule is CC(=O)N=c1sc(C(=O)c2cc3cc(Br)ccc3o2)nn1-c1ccc(C)cc1. The van der Waals surface area contributed by atoms with E-state index >= 15 is 0 Å². The van der Waals surface area contributed by atoms with Crippen molar-refractivity contribution in [1.29, 1.82) is 0 Å². The zero-order chi connectivity index (χ0) is 19.8. The number of rotatable bonds is 3. The molecule has 2 aromatic carbocycles. The molecule has 0 aliphatic carbocycles. The van der Waals surface area contributed by atoms with Crippen LogP contribution >= 0.6 is 27.3 Å². The number of carbonyl (C=O) groups excluding carboxylic acids is 2. The van der Waals surface area contributed by atoms with Crippen molar-refractivity contribution in [3.63, 3.8) is 0 Å². The van der Waals surface area contributed by atoms with Gasteiger partial charge in [0.25, 0.3) is 5.78 Å². The van der Waals surface area contributed by atoms with Crippen LogP contribution in [-0.2, 0) is 4.79 Å². The number of carbonyl (C=O) groups is 2. The average Bonchev–Trinajstić information content (AvgIpc) is 3.25. The molecule has 4 rings (SSSR count). The number of hydrogen-bond acceptors (Lipinski definition) is 5. The molecule has 0 radical (unpaired) electrons. The minimum absolute atomic E-state index is 0.187. The zero-order valence-electron chi connectivity index (χ0n) is 15.0. The Morgan fingerprint density at radius 3 is 2.61 bits per heavy atom. The van der Waals surface area contributed by atoms with E-state index in [9.17, 15) is 9.59 Å². The molecule has 0 aliphatic heterocycles. The Kier molecular flexibility index (Phi) is 4.82. The fourth-order valence-corrected chi connectivity index (χ4v) is 3.94. The number of hydrogen-bond donors (Lipinski definition) is 0. The lowest BCUT2D eigenvalue weighted by atomic mass is 10.2. The van der Waals surface area contributed by atoms with Crippen molar-refractivity contribution in [3.05, 3.63) is 74.1 Å². The molecule has 140 valence electrons. The molecule has 6 nitrogen and oxygen atoms in total. The highest BCUT2D eigenvalue weighted by atomic mass is 79.9. The maximum Gasteiger partial charge on any atom is 0.258 e. The van der Waals surface area contributed by atoms with E-state index in [0.29, 0.717) is 10.4 Å². The summed E-state index contributed by atoms with van der Waals surface area (Å²) < 4.78 is 8.08. The third kappa shape index (κ3) is 3.61. The van der Waals surface area contributed by atoms with E-state index in [1.165, 1.54) is 11.6 Å². The topological polar surface area (TPSA) is 77.5 Å². The van der Waals surface area contributed by atoms with E-state index < -0.39 is 0 Å². The summed E-state index contributed by atoms with van der Waals surface area (Å²) in [5, 5.41) is 5.41. The highest BCUT2D eigenvalue weighted by Crippen LogP contribution is 2.25. The smallest absolute Gasteiger partial charge is 0.258 e. The number of halogens is 1. The average molecular weight is 456 g/mol. The lowest BCUT2D eigenvalue weighted by Gasteiger charge is -2.01. The van der Waals surface area contributed by atoms with Gasteiger partial charge in [-0.1, -0.05) is 45.0 Å². The highest BCUT2D eigenvalue weighted by Gasteiger charge is 2.20. The summed E-state index contributed by atoms with van der Waals surface area (Å²) in [6.45, 7) is 3.34. The van der Waals surface area contributed by atoms with E-state index in [-0.39, 0.29) is 22.5 Å². The van der Waals surface area contributed by atoms with Crippen LogP contribution in [-0.4, -0.2) is 21.5 Å². The summed E-state index contributed by atoms with van der Waals surface area (Å²) in [6, 6.07) is 14.8. The number of amides is 1. The summed E-state index contributed by atoms with van der Waals surface area (Å²) in [6.07, 6.45) is 0. The molecule has 2 heterocycles. The molecule has 0 N–H and O–H groups in total. The fourth-order valence-electron chi connectivity index (χ4n) is 2.67. The minimum atomic E-state index is -0.364. The number of furan rings is 1.